The molecular formula is C14H23BrN2O. The Morgan fingerprint density at radius 3 is 2.72 bits per heavy atom. The van der Waals surface area contributed by atoms with Crippen molar-refractivity contribution < 1.29 is 4.74 Å². The van der Waals surface area contributed by atoms with Crippen LogP contribution in [0.4, 0.5) is 5.69 Å². The Kier molecular flexibility index (Phi) is 6.68. The first kappa shape index (κ1) is 15.5. The van der Waals surface area contributed by atoms with Crippen LogP contribution in [-0.2, 0) is 4.74 Å². The van der Waals surface area contributed by atoms with Crippen molar-refractivity contribution in [2.75, 3.05) is 38.8 Å². The van der Waals surface area contributed by atoms with Gasteiger partial charge in [0.25, 0.3) is 0 Å². The van der Waals surface area contributed by atoms with Crippen molar-refractivity contribution in [2.45, 2.75) is 19.9 Å². The second kappa shape index (κ2) is 7.77. The summed E-state index contributed by atoms with van der Waals surface area (Å²) in [6.07, 6.45) is 0. The molecular weight excluding hydrogens is 292 g/mol. The zero-order valence-electron chi connectivity index (χ0n) is 11.7. The highest BCUT2D eigenvalue weighted by molar-refractivity contribution is 9.10. The van der Waals surface area contributed by atoms with Crippen LogP contribution in [0.15, 0.2) is 22.7 Å². The molecule has 0 fully saturated rings. The maximum absolute atomic E-state index is 5.10. The fourth-order valence-corrected chi connectivity index (χ4v) is 2.57. The summed E-state index contributed by atoms with van der Waals surface area (Å²) in [4.78, 5) is 2.19. The molecule has 4 heteroatoms. The summed E-state index contributed by atoms with van der Waals surface area (Å²) in [5.74, 6) is 0. The molecule has 0 bridgehead atoms. The van der Waals surface area contributed by atoms with E-state index in [4.69, 9.17) is 4.74 Å². The van der Waals surface area contributed by atoms with Gasteiger partial charge in [0.15, 0.2) is 0 Å². The highest BCUT2D eigenvalue weighted by atomic mass is 79.9. The average molecular weight is 315 g/mol. The van der Waals surface area contributed by atoms with Crippen LogP contribution in [0, 0.1) is 0 Å². The van der Waals surface area contributed by atoms with Gasteiger partial charge in [-0.25, -0.2) is 0 Å². The van der Waals surface area contributed by atoms with Gasteiger partial charge >= 0.3 is 0 Å². The van der Waals surface area contributed by atoms with Crippen LogP contribution in [0.1, 0.15) is 25.5 Å². The van der Waals surface area contributed by atoms with Gasteiger partial charge in [-0.05, 0) is 47.1 Å². The van der Waals surface area contributed by atoms with Crippen LogP contribution in [0.3, 0.4) is 0 Å². The number of methoxy groups -OCH3 is 1. The van der Waals surface area contributed by atoms with Crippen LogP contribution in [0.2, 0.25) is 0 Å². The standard InChI is InChI=1S/C14H23BrN2O/c1-5-16-11(2)12-6-7-14(13(15)10-12)17(3)8-9-18-4/h6-7,10-11,16H,5,8-9H2,1-4H3. The molecule has 1 rings (SSSR count). The molecule has 0 radical (unpaired) electrons. The summed E-state index contributed by atoms with van der Waals surface area (Å²) in [5, 5.41) is 3.42. The predicted molar refractivity (Wildman–Crippen MR) is 81.4 cm³/mol. The van der Waals surface area contributed by atoms with E-state index >= 15 is 0 Å². The van der Waals surface area contributed by atoms with Gasteiger partial charge in [0.05, 0.1) is 12.3 Å². The number of halogens is 1. The number of anilines is 1. The number of likely N-dealkylation sites (N-methyl/N-ethyl adjacent to an activating group) is 1. The lowest BCUT2D eigenvalue weighted by Crippen LogP contribution is -2.23. The number of hydrogen-bond acceptors (Lipinski definition) is 3. The van der Waals surface area contributed by atoms with Crippen LogP contribution >= 0.6 is 15.9 Å². The topological polar surface area (TPSA) is 24.5 Å². The van der Waals surface area contributed by atoms with Crippen molar-refractivity contribution in [3.05, 3.63) is 28.2 Å². The molecule has 102 valence electrons. The quantitative estimate of drug-likeness (QED) is 0.836. The number of rotatable bonds is 7. The van der Waals surface area contributed by atoms with Crippen molar-refractivity contribution in [1.29, 1.82) is 0 Å². The SMILES string of the molecule is CCNC(C)c1ccc(N(C)CCOC)c(Br)c1. The lowest BCUT2D eigenvalue weighted by Gasteiger charge is -2.22. The first-order chi connectivity index (χ1) is 8.60. The molecule has 1 aromatic carbocycles. The molecule has 1 unspecified atom stereocenters. The lowest BCUT2D eigenvalue weighted by molar-refractivity contribution is 0.206. The maximum Gasteiger partial charge on any atom is 0.0637 e. The Morgan fingerprint density at radius 2 is 2.17 bits per heavy atom. The zero-order valence-corrected chi connectivity index (χ0v) is 13.3. The van der Waals surface area contributed by atoms with E-state index in [1.165, 1.54) is 11.3 Å². The van der Waals surface area contributed by atoms with E-state index in [2.05, 4.69) is 65.2 Å². The average Bonchev–Trinajstić information content (AvgIpc) is 2.36. The minimum atomic E-state index is 0.379. The molecule has 0 spiro atoms. The van der Waals surface area contributed by atoms with Gasteiger partial charge in [0.1, 0.15) is 0 Å². The molecule has 1 N–H and O–H groups in total. The maximum atomic E-state index is 5.10. The number of hydrogen-bond donors (Lipinski definition) is 1. The summed E-state index contributed by atoms with van der Waals surface area (Å²) in [7, 11) is 3.80. The molecule has 3 nitrogen and oxygen atoms in total. The molecule has 0 aromatic heterocycles. The Bertz CT molecular complexity index is 371. The third-order valence-corrected chi connectivity index (χ3v) is 3.66. The molecule has 0 saturated heterocycles. The highest BCUT2D eigenvalue weighted by Crippen LogP contribution is 2.28. The van der Waals surface area contributed by atoms with Crippen molar-refractivity contribution in [1.82, 2.24) is 5.32 Å². The van der Waals surface area contributed by atoms with Crippen LogP contribution in [-0.4, -0.2) is 33.9 Å². The number of benzene rings is 1. The van der Waals surface area contributed by atoms with E-state index in [1.54, 1.807) is 7.11 Å². The molecule has 18 heavy (non-hydrogen) atoms. The number of nitrogens with one attached hydrogen (secondary N) is 1. The van der Waals surface area contributed by atoms with Crippen molar-refractivity contribution in [3.8, 4) is 0 Å². The smallest absolute Gasteiger partial charge is 0.0637 e. The van der Waals surface area contributed by atoms with Crippen LogP contribution in [0.25, 0.3) is 0 Å². The monoisotopic (exact) mass is 314 g/mol. The van der Waals surface area contributed by atoms with Crippen molar-refractivity contribution in [2.24, 2.45) is 0 Å². The van der Waals surface area contributed by atoms with Crippen molar-refractivity contribution in [3.63, 3.8) is 0 Å². The Labute approximate surface area is 119 Å². The molecule has 0 aliphatic heterocycles. The third-order valence-electron chi connectivity index (χ3n) is 3.02. The van der Waals surface area contributed by atoms with Crippen molar-refractivity contribution >= 4 is 21.6 Å². The van der Waals surface area contributed by atoms with Gasteiger partial charge in [-0.15, -0.1) is 0 Å². The van der Waals surface area contributed by atoms with E-state index in [9.17, 15) is 0 Å². The Hall–Kier alpha value is -0.580. The van der Waals surface area contributed by atoms with Gasteiger partial charge in [-0.3, -0.25) is 0 Å². The predicted octanol–water partition coefficient (Wildman–Crippen LogP) is 3.20. The second-order valence-corrected chi connectivity index (χ2v) is 5.26. The summed E-state index contributed by atoms with van der Waals surface area (Å²) < 4.78 is 6.23. The molecule has 0 saturated carbocycles. The molecule has 0 amide bonds. The minimum Gasteiger partial charge on any atom is -0.383 e. The first-order valence-corrected chi connectivity index (χ1v) is 7.12. The summed E-state index contributed by atoms with van der Waals surface area (Å²) in [5.41, 5.74) is 2.49. The van der Waals surface area contributed by atoms with Gasteiger partial charge in [-0.1, -0.05) is 13.0 Å². The normalized spacial score (nSPS) is 12.5. The molecule has 0 aliphatic rings. The Balaban J connectivity index is 2.78. The minimum absolute atomic E-state index is 0.379. The Morgan fingerprint density at radius 1 is 1.44 bits per heavy atom. The fraction of sp³-hybridized carbons (Fsp3) is 0.571. The van der Waals surface area contributed by atoms with Crippen LogP contribution < -0.4 is 10.2 Å². The van der Waals surface area contributed by atoms with Crippen LogP contribution in [0.5, 0.6) is 0 Å². The lowest BCUT2D eigenvalue weighted by atomic mass is 10.1. The summed E-state index contributed by atoms with van der Waals surface area (Å²) in [6.45, 7) is 6.90. The van der Waals surface area contributed by atoms with E-state index in [0.29, 0.717) is 6.04 Å². The first-order valence-electron chi connectivity index (χ1n) is 6.33. The largest absolute Gasteiger partial charge is 0.383 e. The van der Waals surface area contributed by atoms with Gasteiger partial charge < -0.3 is 15.0 Å². The summed E-state index contributed by atoms with van der Waals surface area (Å²) in [6, 6.07) is 6.90. The number of ether oxygens (including phenoxy) is 1. The zero-order chi connectivity index (χ0) is 13.5. The van der Waals surface area contributed by atoms with E-state index in [1.807, 2.05) is 0 Å². The third kappa shape index (κ3) is 4.26. The second-order valence-electron chi connectivity index (χ2n) is 4.40. The summed E-state index contributed by atoms with van der Waals surface area (Å²) >= 11 is 3.65. The van der Waals surface area contributed by atoms with E-state index in [0.717, 1.165) is 24.2 Å². The van der Waals surface area contributed by atoms with Gasteiger partial charge in [0.2, 0.25) is 0 Å². The fourth-order valence-electron chi connectivity index (χ4n) is 1.87. The highest BCUT2D eigenvalue weighted by Gasteiger charge is 2.09. The van der Waals surface area contributed by atoms with Gasteiger partial charge in [0, 0.05) is 31.2 Å². The van der Waals surface area contributed by atoms with Gasteiger partial charge in [-0.2, -0.15) is 0 Å². The number of nitrogens with zero attached hydrogens (tertiary/aromatic N) is 1. The molecule has 1 atom stereocenters. The van der Waals surface area contributed by atoms with E-state index < -0.39 is 0 Å². The van der Waals surface area contributed by atoms with E-state index in [-0.39, 0.29) is 0 Å². The molecule has 0 aliphatic carbocycles. The molecule has 1 aromatic rings. The molecule has 0 heterocycles.